The van der Waals surface area contributed by atoms with Crippen LogP contribution in [0, 0.1) is 0 Å². The average molecular weight is 225 g/mol. The van der Waals surface area contributed by atoms with Gasteiger partial charge in [0.1, 0.15) is 25.0 Å². The van der Waals surface area contributed by atoms with Gasteiger partial charge < -0.3 is 36.0 Å². The Kier molecular flexibility index (Phi) is 6.32. The number of nitrogens with one attached hydrogen (secondary N) is 1. The lowest BCUT2D eigenvalue weighted by Crippen LogP contribution is -2.51. The minimum Gasteiger partial charge on any atom is -0.394 e. The van der Waals surface area contributed by atoms with E-state index in [2.05, 4.69) is 0 Å². The molecule has 0 aromatic rings. The largest absolute Gasteiger partial charge is 0.394 e. The maximum absolute atomic E-state index is 10.9. The fourth-order valence-electron chi connectivity index (χ4n) is 0.860. The first-order valence-corrected chi connectivity index (χ1v) is 4.17. The van der Waals surface area contributed by atoms with Gasteiger partial charge in [-0.3, -0.25) is 4.79 Å². The zero-order valence-corrected chi connectivity index (χ0v) is 7.82. The molecule has 4 atom stereocenters. The standard InChI is InChI=1S/C7H15NO7/c9-1-3(11)4(12)5(13)6(14)7(15)8-2-10/h3-6,9-14H,1-2H2,(H,8,15). The molecule has 0 bridgehead atoms. The van der Waals surface area contributed by atoms with Gasteiger partial charge in [0.2, 0.25) is 0 Å². The van der Waals surface area contributed by atoms with Gasteiger partial charge in [0.25, 0.3) is 5.91 Å². The third-order valence-corrected chi connectivity index (χ3v) is 1.78. The number of hydrogen-bond donors (Lipinski definition) is 7. The molecule has 0 aromatic carbocycles. The third-order valence-electron chi connectivity index (χ3n) is 1.78. The smallest absolute Gasteiger partial charge is 0.253 e. The van der Waals surface area contributed by atoms with E-state index >= 15 is 0 Å². The first-order valence-electron chi connectivity index (χ1n) is 4.17. The van der Waals surface area contributed by atoms with E-state index in [0.717, 1.165) is 0 Å². The van der Waals surface area contributed by atoms with Crippen LogP contribution in [-0.4, -0.2) is 74.3 Å². The summed E-state index contributed by atoms with van der Waals surface area (Å²) in [5.41, 5.74) is 0. The molecule has 15 heavy (non-hydrogen) atoms. The number of aliphatic hydroxyl groups excluding tert-OH is 6. The predicted molar refractivity (Wildman–Crippen MR) is 46.3 cm³/mol. The summed E-state index contributed by atoms with van der Waals surface area (Å²) in [7, 11) is 0. The van der Waals surface area contributed by atoms with E-state index in [1.807, 2.05) is 0 Å². The molecule has 0 aliphatic carbocycles. The van der Waals surface area contributed by atoms with Gasteiger partial charge in [-0.15, -0.1) is 0 Å². The van der Waals surface area contributed by atoms with Gasteiger partial charge in [-0.05, 0) is 0 Å². The Hall–Kier alpha value is -0.770. The molecule has 0 aromatic heterocycles. The Bertz CT molecular complexity index is 200. The fourth-order valence-corrected chi connectivity index (χ4v) is 0.860. The summed E-state index contributed by atoms with van der Waals surface area (Å²) < 4.78 is 0. The Labute approximate surface area is 85.4 Å². The third kappa shape index (κ3) is 4.08. The van der Waals surface area contributed by atoms with Crippen molar-refractivity contribution in [2.24, 2.45) is 0 Å². The van der Waals surface area contributed by atoms with E-state index in [-0.39, 0.29) is 0 Å². The molecule has 0 rings (SSSR count). The van der Waals surface area contributed by atoms with Crippen molar-refractivity contribution >= 4 is 5.91 Å². The SMILES string of the molecule is O=C(NCO)C(O)C(O)C(O)C(O)CO. The number of rotatable bonds is 6. The van der Waals surface area contributed by atoms with Gasteiger partial charge >= 0.3 is 0 Å². The molecule has 8 nitrogen and oxygen atoms in total. The van der Waals surface area contributed by atoms with E-state index in [0.29, 0.717) is 0 Å². The van der Waals surface area contributed by atoms with E-state index in [4.69, 9.17) is 25.5 Å². The first-order chi connectivity index (χ1) is 6.95. The molecule has 0 fully saturated rings. The Balaban J connectivity index is 4.29. The van der Waals surface area contributed by atoms with Gasteiger partial charge in [0.05, 0.1) is 6.61 Å². The number of aliphatic hydroxyl groups is 6. The minimum absolute atomic E-state index is 0.735. The Morgan fingerprint density at radius 1 is 1.07 bits per heavy atom. The first kappa shape index (κ1) is 14.2. The van der Waals surface area contributed by atoms with E-state index in [9.17, 15) is 9.90 Å². The summed E-state index contributed by atoms with van der Waals surface area (Å²) in [6, 6.07) is 0. The van der Waals surface area contributed by atoms with Gasteiger partial charge in [0.15, 0.2) is 6.10 Å². The highest BCUT2D eigenvalue weighted by Crippen LogP contribution is 2.05. The van der Waals surface area contributed by atoms with Gasteiger partial charge in [-0.2, -0.15) is 0 Å². The van der Waals surface area contributed by atoms with Crippen LogP contribution in [0.25, 0.3) is 0 Å². The molecule has 0 spiro atoms. The highest BCUT2D eigenvalue weighted by atomic mass is 16.4. The maximum Gasteiger partial charge on any atom is 0.253 e. The maximum atomic E-state index is 10.9. The van der Waals surface area contributed by atoms with Crippen LogP contribution in [0.1, 0.15) is 0 Å². The number of amides is 1. The van der Waals surface area contributed by atoms with Crippen molar-refractivity contribution in [3.63, 3.8) is 0 Å². The van der Waals surface area contributed by atoms with Crippen molar-refractivity contribution in [1.29, 1.82) is 0 Å². The number of carbonyl (C=O) groups is 1. The average Bonchev–Trinajstić information content (AvgIpc) is 2.25. The molecular formula is C7H15NO7. The molecule has 0 heterocycles. The monoisotopic (exact) mass is 225 g/mol. The summed E-state index contributed by atoms with van der Waals surface area (Å²) in [5, 5.41) is 54.8. The van der Waals surface area contributed by atoms with Crippen molar-refractivity contribution in [3.8, 4) is 0 Å². The van der Waals surface area contributed by atoms with Crippen molar-refractivity contribution < 1.29 is 35.4 Å². The number of hydrogen-bond acceptors (Lipinski definition) is 7. The van der Waals surface area contributed by atoms with Crippen LogP contribution < -0.4 is 5.32 Å². The lowest BCUT2D eigenvalue weighted by atomic mass is 10.0. The molecule has 7 N–H and O–H groups in total. The lowest BCUT2D eigenvalue weighted by Gasteiger charge is -2.24. The molecule has 0 radical (unpaired) electrons. The zero-order valence-electron chi connectivity index (χ0n) is 7.82. The highest BCUT2D eigenvalue weighted by Gasteiger charge is 2.33. The molecule has 0 saturated heterocycles. The van der Waals surface area contributed by atoms with Crippen LogP contribution >= 0.6 is 0 Å². The van der Waals surface area contributed by atoms with Crippen molar-refractivity contribution in [2.45, 2.75) is 24.4 Å². The normalized spacial score (nSPS) is 19.1. The van der Waals surface area contributed by atoms with Crippen LogP contribution in [0.3, 0.4) is 0 Å². The van der Waals surface area contributed by atoms with Gasteiger partial charge in [-0.1, -0.05) is 0 Å². The van der Waals surface area contributed by atoms with Gasteiger partial charge in [0, 0.05) is 0 Å². The van der Waals surface area contributed by atoms with Crippen molar-refractivity contribution in [3.05, 3.63) is 0 Å². The van der Waals surface area contributed by atoms with Crippen LogP contribution in [0.5, 0.6) is 0 Å². The molecular weight excluding hydrogens is 210 g/mol. The zero-order chi connectivity index (χ0) is 12.0. The van der Waals surface area contributed by atoms with E-state index in [1.54, 1.807) is 5.32 Å². The van der Waals surface area contributed by atoms with Gasteiger partial charge in [-0.25, -0.2) is 0 Å². The minimum atomic E-state index is -2.01. The topological polar surface area (TPSA) is 150 Å². The Morgan fingerprint density at radius 3 is 2.00 bits per heavy atom. The summed E-state index contributed by atoms with van der Waals surface area (Å²) in [6.45, 7) is -1.56. The van der Waals surface area contributed by atoms with Crippen LogP contribution in [0.4, 0.5) is 0 Å². The fraction of sp³-hybridized carbons (Fsp3) is 0.857. The Morgan fingerprint density at radius 2 is 1.60 bits per heavy atom. The summed E-state index contributed by atoms with van der Waals surface area (Å²) in [5.74, 6) is -1.10. The predicted octanol–water partition coefficient (Wildman–Crippen LogP) is -4.51. The van der Waals surface area contributed by atoms with Crippen LogP contribution in [0.2, 0.25) is 0 Å². The summed E-state index contributed by atoms with van der Waals surface area (Å²) in [4.78, 5) is 10.9. The molecule has 1 amide bonds. The summed E-state index contributed by atoms with van der Waals surface area (Å²) >= 11 is 0. The quantitative estimate of drug-likeness (QED) is 0.225. The van der Waals surface area contributed by atoms with Crippen LogP contribution in [-0.2, 0) is 4.79 Å². The highest BCUT2D eigenvalue weighted by molar-refractivity contribution is 5.81. The summed E-state index contributed by atoms with van der Waals surface area (Å²) in [6.07, 6.45) is -7.50. The van der Waals surface area contributed by atoms with E-state index < -0.39 is 43.7 Å². The lowest BCUT2D eigenvalue weighted by molar-refractivity contribution is -0.149. The number of carbonyl (C=O) groups excluding carboxylic acids is 1. The van der Waals surface area contributed by atoms with Crippen molar-refractivity contribution in [2.75, 3.05) is 13.3 Å². The molecule has 0 saturated carbocycles. The molecule has 4 unspecified atom stereocenters. The molecule has 8 heteroatoms. The second-order valence-corrected chi connectivity index (χ2v) is 2.88. The second kappa shape index (κ2) is 6.67. The second-order valence-electron chi connectivity index (χ2n) is 2.88. The van der Waals surface area contributed by atoms with Crippen LogP contribution in [0.15, 0.2) is 0 Å². The van der Waals surface area contributed by atoms with E-state index in [1.165, 1.54) is 0 Å². The molecule has 90 valence electrons. The molecule has 0 aliphatic heterocycles. The molecule has 0 aliphatic rings. The van der Waals surface area contributed by atoms with Crippen molar-refractivity contribution in [1.82, 2.24) is 5.32 Å².